The minimum Gasteiger partial charge on any atom is -0.380 e. The molecule has 1 saturated heterocycles. The maximum absolute atomic E-state index is 12.9. The fourth-order valence-corrected chi connectivity index (χ4v) is 6.20. The number of rotatable bonds is 4. The Morgan fingerprint density at radius 1 is 1.03 bits per heavy atom. The molecule has 7 nitrogen and oxygen atoms in total. The second-order valence-corrected chi connectivity index (χ2v) is 10.5. The van der Waals surface area contributed by atoms with Gasteiger partial charge in [-0.15, -0.1) is 0 Å². The number of carbonyl (C=O) groups excluding carboxylic acids is 1. The third-order valence-electron chi connectivity index (χ3n) is 8.05. The monoisotopic (exact) mass is 503 g/mol. The van der Waals surface area contributed by atoms with Crippen molar-refractivity contribution < 1.29 is 4.79 Å². The number of allylic oxidation sites excluding steroid dienone is 1. The minimum absolute atomic E-state index is 0.00485. The lowest BCUT2D eigenvalue weighted by Crippen LogP contribution is -2.46. The van der Waals surface area contributed by atoms with Crippen LogP contribution < -0.4 is 16.2 Å². The van der Waals surface area contributed by atoms with Gasteiger partial charge in [0.15, 0.2) is 0 Å². The molecule has 38 heavy (non-hydrogen) atoms. The number of benzene rings is 3. The topological polar surface area (TPSA) is 79.3 Å². The number of para-hydroxylation sites is 2. The average molecular weight is 504 g/mol. The minimum atomic E-state index is 0.00485. The number of aromatic nitrogens is 2. The molecule has 4 heterocycles. The fraction of sp³-hybridized carbons (Fsp3) is 0.258. The van der Waals surface area contributed by atoms with E-state index >= 15 is 0 Å². The molecule has 0 spiro atoms. The van der Waals surface area contributed by atoms with Crippen LogP contribution in [0, 0.1) is 0 Å². The van der Waals surface area contributed by atoms with Gasteiger partial charge in [0.1, 0.15) is 5.82 Å². The zero-order valence-corrected chi connectivity index (χ0v) is 21.1. The molecule has 2 atom stereocenters. The number of likely N-dealkylation sites (tertiary alicyclic amines) is 1. The van der Waals surface area contributed by atoms with Crippen molar-refractivity contribution in [2.45, 2.75) is 31.3 Å². The van der Waals surface area contributed by atoms with Crippen LogP contribution in [0.15, 0.2) is 77.6 Å². The molecule has 1 aromatic heterocycles. The number of piperidine rings is 1. The molecule has 0 aliphatic carbocycles. The molecule has 7 heteroatoms. The maximum atomic E-state index is 12.9. The molecular formula is C31H29N5O2. The van der Waals surface area contributed by atoms with Gasteiger partial charge in [-0.05, 0) is 72.5 Å². The van der Waals surface area contributed by atoms with Crippen molar-refractivity contribution in [3.8, 4) is 0 Å². The zero-order valence-electron chi connectivity index (χ0n) is 21.1. The molecule has 190 valence electrons. The Balaban J connectivity index is 0.997. The van der Waals surface area contributed by atoms with E-state index in [0.717, 1.165) is 54.1 Å². The normalized spacial score (nSPS) is 21.1. The van der Waals surface area contributed by atoms with E-state index in [-0.39, 0.29) is 11.5 Å². The van der Waals surface area contributed by atoms with Gasteiger partial charge in [-0.2, -0.15) is 0 Å². The lowest BCUT2D eigenvalue weighted by Gasteiger charge is -2.34. The van der Waals surface area contributed by atoms with E-state index in [1.54, 1.807) is 4.57 Å². The number of nitrogens with one attached hydrogen (secondary N) is 2. The number of carbonyl (C=O) groups is 1. The van der Waals surface area contributed by atoms with E-state index in [1.807, 2.05) is 48.5 Å². The van der Waals surface area contributed by atoms with E-state index in [0.29, 0.717) is 30.4 Å². The Morgan fingerprint density at radius 3 is 2.74 bits per heavy atom. The van der Waals surface area contributed by atoms with Gasteiger partial charge >= 0.3 is 0 Å². The number of nitrogens with zero attached hydrogens (tertiary/aromatic N) is 3. The number of hydrogen-bond donors (Lipinski definition) is 2. The van der Waals surface area contributed by atoms with Crippen molar-refractivity contribution in [2.75, 3.05) is 30.3 Å². The van der Waals surface area contributed by atoms with Crippen LogP contribution >= 0.6 is 0 Å². The molecule has 1 amide bonds. The Kier molecular flexibility index (Phi) is 5.59. The number of fused-ring (bicyclic) bond motifs is 5. The lowest BCUT2D eigenvalue weighted by molar-refractivity contribution is -0.117. The fourth-order valence-electron chi connectivity index (χ4n) is 6.20. The van der Waals surface area contributed by atoms with Gasteiger partial charge in [0.25, 0.3) is 5.56 Å². The highest BCUT2D eigenvalue weighted by molar-refractivity contribution is 5.92. The molecule has 2 N–H and O–H groups in total. The molecule has 0 saturated carbocycles. The van der Waals surface area contributed by atoms with E-state index in [2.05, 4.69) is 45.9 Å². The van der Waals surface area contributed by atoms with Gasteiger partial charge in [0.2, 0.25) is 5.91 Å². The van der Waals surface area contributed by atoms with Crippen molar-refractivity contribution in [1.82, 2.24) is 14.5 Å². The first kappa shape index (κ1) is 22.9. The van der Waals surface area contributed by atoms with Gasteiger partial charge in [-0.25, -0.2) is 4.98 Å². The van der Waals surface area contributed by atoms with E-state index in [9.17, 15) is 9.59 Å². The van der Waals surface area contributed by atoms with Crippen LogP contribution in [0.4, 0.5) is 11.4 Å². The van der Waals surface area contributed by atoms with E-state index < -0.39 is 0 Å². The molecule has 0 bridgehead atoms. The summed E-state index contributed by atoms with van der Waals surface area (Å²) in [5.74, 6) is 1.28. The summed E-state index contributed by atoms with van der Waals surface area (Å²) in [5.41, 5.74) is 6.25. The highest BCUT2D eigenvalue weighted by atomic mass is 16.2. The predicted molar refractivity (Wildman–Crippen MR) is 151 cm³/mol. The summed E-state index contributed by atoms with van der Waals surface area (Å²) in [7, 11) is 0. The van der Waals surface area contributed by atoms with Gasteiger partial charge in [0, 0.05) is 36.4 Å². The lowest BCUT2D eigenvalue weighted by atomic mass is 9.88. The first-order valence-electron chi connectivity index (χ1n) is 13.3. The van der Waals surface area contributed by atoms with Crippen molar-refractivity contribution in [3.63, 3.8) is 0 Å². The van der Waals surface area contributed by atoms with Gasteiger partial charge in [-0.1, -0.05) is 42.5 Å². The SMILES string of the molecule is O=C(CN1CCC2c3ccccc3NC2C1)Nc1ccc(/C=C2\CCn3c2nc2ccccc2c3=O)cc1. The van der Waals surface area contributed by atoms with Crippen molar-refractivity contribution in [1.29, 1.82) is 0 Å². The van der Waals surface area contributed by atoms with Crippen LogP contribution in [0.3, 0.4) is 0 Å². The van der Waals surface area contributed by atoms with Gasteiger partial charge in [-0.3, -0.25) is 19.1 Å². The molecule has 1 fully saturated rings. The van der Waals surface area contributed by atoms with Crippen LogP contribution in [0.1, 0.15) is 35.7 Å². The van der Waals surface area contributed by atoms with E-state index in [4.69, 9.17) is 4.98 Å². The second kappa shape index (κ2) is 9.26. The average Bonchev–Trinajstić information content (AvgIpc) is 3.51. The zero-order chi connectivity index (χ0) is 25.6. The second-order valence-electron chi connectivity index (χ2n) is 10.5. The molecular weight excluding hydrogens is 474 g/mol. The molecule has 4 aromatic rings. The van der Waals surface area contributed by atoms with Crippen LogP contribution in [-0.4, -0.2) is 46.0 Å². The van der Waals surface area contributed by atoms with Gasteiger partial charge in [0.05, 0.1) is 17.4 Å². The van der Waals surface area contributed by atoms with Crippen molar-refractivity contribution in [2.24, 2.45) is 0 Å². The number of hydrogen-bond acceptors (Lipinski definition) is 5. The Bertz CT molecular complexity index is 1640. The third kappa shape index (κ3) is 4.09. The third-order valence-corrected chi connectivity index (χ3v) is 8.05. The Labute approximate surface area is 220 Å². The Morgan fingerprint density at radius 2 is 1.84 bits per heavy atom. The number of amides is 1. The molecule has 2 unspecified atom stereocenters. The largest absolute Gasteiger partial charge is 0.380 e. The molecule has 7 rings (SSSR count). The first-order chi connectivity index (χ1) is 18.6. The Hall–Kier alpha value is -4.23. The summed E-state index contributed by atoms with van der Waals surface area (Å²) in [5, 5.41) is 7.35. The van der Waals surface area contributed by atoms with Crippen LogP contribution in [0.25, 0.3) is 22.6 Å². The van der Waals surface area contributed by atoms with Crippen molar-refractivity contribution in [3.05, 3.63) is 100 Å². The van der Waals surface area contributed by atoms with Crippen LogP contribution in [0.2, 0.25) is 0 Å². The smallest absolute Gasteiger partial charge is 0.261 e. The molecule has 3 aliphatic rings. The first-order valence-corrected chi connectivity index (χ1v) is 13.3. The summed E-state index contributed by atoms with van der Waals surface area (Å²) in [6, 6.07) is 24.3. The quantitative estimate of drug-likeness (QED) is 0.427. The summed E-state index contributed by atoms with van der Waals surface area (Å²) in [6.07, 6.45) is 3.92. The summed E-state index contributed by atoms with van der Waals surface area (Å²) >= 11 is 0. The van der Waals surface area contributed by atoms with Crippen LogP contribution in [0.5, 0.6) is 0 Å². The molecule has 3 aromatic carbocycles. The summed E-state index contributed by atoms with van der Waals surface area (Å²) < 4.78 is 1.77. The maximum Gasteiger partial charge on any atom is 0.261 e. The number of anilines is 2. The highest BCUT2D eigenvalue weighted by Gasteiger charge is 2.36. The molecule has 0 radical (unpaired) electrons. The standard InChI is InChI=1S/C31H29N5O2/c37-29(19-35-15-14-24-23-5-1-3-7-26(23)33-28(24)18-35)32-22-11-9-20(10-12-22)17-21-13-16-36-30(21)34-27-8-4-2-6-25(27)31(36)38/h1-12,17,24,28,33H,13-16,18-19H2,(H,32,37)/b21-17+. The summed E-state index contributed by atoms with van der Waals surface area (Å²) in [4.78, 5) is 32.7. The van der Waals surface area contributed by atoms with Gasteiger partial charge < -0.3 is 10.6 Å². The predicted octanol–water partition coefficient (Wildman–Crippen LogP) is 4.56. The van der Waals surface area contributed by atoms with E-state index in [1.165, 1.54) is 11.3 Å². The van der Waals surface area contributed by atoms with Crippen molar-refractivity contribution >= 4 is 39.8 Å². The molecule has 3 aliphatic heterocycles. The highest BCUT2D eigenvalue weighted by Crippen LogP contribution is 2.40. The van der Waals surface area contributed by atoms with Crippen LogP contribution in [-0.2, 0) is 11.3 Å². The summed E-state index contributed by atoms with van der Waals surface area (Å²) in [6.45, 7) is 2.82.